The predicted molar refractivity (Wildman–Crippen MR) is 107 cm³/mol. The van der Waals surface area contributed by atoms with Crippen molar-refractivity contribution >= 4 is 0 Å². The zero-order valence-electron chi connectivity index (χ0n) is 15.7. The fraction of sp³-hybridized carbons (Fsp3) is 0.217. The van der Waals surface area contributed by atoms with Gasteiger partial charge in [0.05, 0.1) is 13.7 Å². The summed E-state index contributed by atoms with van der Waals surface area (Å²) in [7, 11) is 1.54. The highest BCUT2D eigenvalue weighted by molar-refractivity contribution is 5.54. The lowest BCUT2D eigenvalue weighted by atomic mass is 10.1. The van der Waals surface area contributed by atoms with Crippen LogP contribution in [0.1, 0.15) is 22.8 Å². The Labute approximate surface area is 164 Å². The molecule has 0 aliphatic carbocycles. The van der Waals surface area contributed by atoms with Crippen molar-refractivity contribution in [3.05, 3.63) is 89.5 Å². The minimum atomic E-state index is -1.04. The third kappa shape index (κ3) is 5.03. The van der Waals surface area contributed by atoms with Gasteiger partial charge < -0.3 is 24.4 Å². The molecule has 0 saturated heterocycles. The molecule has 0 aliphatic heterocycles. The van der Waals surface area contributed by atoms with Gasteiger partial charge in [-0.3, -0.25) is 0 Å². The average molecular weight is 380 g/mol. The van der Waals surface area contributed by atoms with Crippen LogP contribution in [-0.4, -0.2) is 23.9 Å². The summed E-state index contributed by atoms with van der Waals surface area (Å²) in [5.74, 6) is 1.33. The average Bonchev–Trinajstić information content (AvgIpc) is 2.76. The maximum Gasteiger partial charge on any atom is 0.203 e. The molecule has 146 valence electrons. The Morgan fingerprint density at radius 2 is 1.25 bits per heavy atom. The predicted octanol–water partition coefficient (Wildman–Crippen LogP) is 3.88. The molecular formula is C23H24O5. The van der Waals surface area contributed by atoms with Crippen LogP contribution in [-0.2, 0) is 13.2 Å². The van der Waals surface area contributed by atoms with E-state index in [0.29, 0.717) is 36.0 Å². The molecule has 0 aliphatic rings. The first kappa shape index (κ1) is 19.7. The molecule has 2 N–H and O–H groups in total. The van der Waals surface area contributed by atoms with Gasteiger partial charge in [0.15, 0.2) is 11.5 Å². The van der Waals surface area contributed by atoms with Crippen LogP contribution in [0.5, 0.6) is 17.2 Å². The molecule has 28 heavy (non-hydrogen) atoms. The van der Waals surface area contributed by atoms with Crippen LogP contribution in [0.3, 0.4) is 0 Å². The first-order valence-electron chi connectivity index (χ1n) is 9.05. The Hall–Kier alpha value is -3.02. The van der Waals surface area contributed by atoms with Gasteiger partial charge in [0.1, 0.15) is 19.3 Å². The lowest BCUT2D eigenvalue weighted by Gasteiger charge is -2.19. The number of ether oxygens (including phenoxy) is 3. The first-order valence-corrected chi connectivity index (χ1v) is 9.05. The van der Waals surface area contributed by atoms with Crippen LogP contribution in [0.25, 0.3) is 0 Å². The minimum Gasteiger partial charge on any atom is -0.490 e. The van der Waals surface area contributed by atoms with Gasteiger partial charge in [-0.2, -0.15) is 0 Å². The molecule has 3 rings (SSSR count). The summed E-state index contributed by atoms with van der Waals surface area (Å²) in [6.07, 6.45) is -1.04. The van der Waals surface area contributed by atoms with Crippen LogP contribution in [0.2, 0.25) is 0 Å². The van der Waals surface area contributed by atoms with E-state index in [-0.39, 0.29) is 0 Å². The second-order valence-corrected chi connectivity index (χ2v) is 6.30. The Bertz CT molecular complexity index is 800. The molecule has 3 aromatic rings. The molecule has 5 heteroatoms. The molecule has 0 fully saturated rings. The standard InChI is InChI=1S/C23H24O5/c1-26-23-21(27-15-17-8-4-2-5-9-17)12-19(20(25)14-24)13-22(23)28-16-18-10-6-3-7-11-18/h2-13,20,24-25H,14-16H2,1H3/t20-/m1/s1. The van der Waals surface area contributed by atoms with Gasteiger partial charge in [-0.25, -0.2) is 0 Å². The van der Waals surface area contributed by atoms with E-state index < -0.39 is 12.7 Å². The van der Waals surface area contributed by atoms with Crippen molar-refractivity contribution in [1.29, 1.82) is 0 Å². The van der Waals surface area contributed by atoms with Crippen LogP contribution < -0.4 is 14.2 Å². The summed E-state index contributed by atoms with van der Waals surface area (Å²) in [5.41, 5.74) is 2.50. The summed E-state index contributed by atoms with van der Waals surface area (Å²) in [5, 5.41) is 19.5. The number of benzene rings is 3. The molecule has 0 spiro atoms. The van der Waals surface area contributed by atoms with Crippen molar-refractivity contribution < 1.29 is 24.4 Å². The topological polar surface area (TPSA) is 68.2 Å². The van der Waals surface area contributed by atoms with E-state index in [1.165, 1.54) is 0 Å². The number of methoxy groups -OCH3 is 1. The minimum absolute atomic E-state index is 0.341. The van der Waals surface area contributed by atoms with Gasteiger partial charge in [-0.05, 0) is 28.8 Å². The highest BCUT2D eigenvalue weighted by atomic mass is 16.5. The van der Waals surface area contributed by atoms with E-state index in [1.54, 1.807) is 19.2 Å². The molecule has 0 aromatic heterocycles. The van der Waals surface area contributed by atoms with Crippen molar-refractivity contribution in [3.8, 4) is 17.2 Å². The van der Waals surface area contributed by atoms with E-state index in [1.807, 2.05) is 60.7 Å². The van der Waals surface area contributed by atoms with E-state index in [0.717, 1.165) is 11.1 Å². The fourth-order valence-corrected chi connectivity index (χ4v) is 2.78. The van der Waals surface area contributed by atoms with Gasteiger partial charge in [0, 0.05) is 0 Å². The Morgan fingerprint density at radius 1 is 0.786 bits per heavy atom. The van der Waals surface area contributed by atoms with Crippen LogP contribution >= 0.6 is 0 Å². The molecule has 5 nitrogen and oxygen atoms in total. The molecule has 0 amide bonds. The largest absolute Gasteiger partial charge is 0.490 e. The van der Waals surface area contributed by atoms with Crippen LogP contribution in [0.4, 0.5) is 0 Å². The van der Waals surface area contributed by atoms with Gasteiger partial charge >= 0.3 is 0 Å². The second-order valence-electron chi connectivity index (χ2n) is 6.30. The third-order valence-electron chi connectivity index (χ3n) is 4.28. The summed E-state index contributed by atoms with van der Waals surface area (Å²) >= 11 is 0. The lowest BCUT2D eigenvalue weighted by Crippen LogP contribution is -2.07. The molecule has 0 heterocycles. The van der Waals surface area contributed by atoms with Gasteiger partial charge in [0.25, 0.3) is 0 Å². The van der Waals surface area contributed by atoms with Crippen molar-refractivity contribution in [1.82, 2.24) is 0 Å². The van der Waals surface area contributed by atoms with Crippen molar-refractivity contribution in [2.75, 3.05) is 13.7 Å². The van der Waals surface area contributed by atoms with Gasteiger partial charge in [0.2, 0.25) is 5.75 Å². The van der Waals surface area contributed by atoms with Crippen molar-refractivity contribution in [3.63, 3.8) is 0 Å². The highest BCUT2D eigenvalue weighted by Gasteiger charge is 2.18. The monoisotopic (exact) mass is 380 g/mol. The van der Waals surface area contributed by atoms with E-state index >= 15 is 0 Å². The normalized spacial score (nSPS) is 11.7. The molecule has 3 aromatic carbocycles. The molecule has 0 saturated carbocycles. The number of rotatable bonds is 9. The summed E-state index contributed by atoms with van der Waals surface area (Å²) < 4.78 is 17.4. The van der Waals surface area contributed by atoms with E-state index in [4.69, 9.17) is 14.2 Å². The van der Waals surface area contributed by atoms with Crippen molar-refractivity contribution in [2.45, 2.75) is 19.3 Å². The molecule has 1 atom stereocenters. The Morgan fingerprint density at radius 3 is 1.64 bits per heavy atom. The van der Waals surface area contributed by atoms with Crippen molar-refractivity contribution in [2.24, 2.45) is 0 Å². The summed E-state index contributed by atoms with van der Waals surface area (Å²) in [6.45, 7) is 0.282. The molecule has 0 unspecified atom stereocenters. The Kier molecular flexibility index (Phi) is 6.89. The van der Waals surface area contributed by atoms with Crippen LogP contribution in [0, 0.1) is 0 Å². The quantitative estimate of drug-likeness (QED) is 0.590. The Balaban J connectivity index is 1.87. The zero-order chi connectivity index (χ0) is 19.8. The van der Waals surface area contributed by atoms with E-state index in [9.17, 15) is 10.2 Å². The van der Waals surface area contributed by atoms with Gasteiger partial charge in [-0.15, -0.1) is 0 Å². The lowest BCUT2D eigenvalue weighted by molar-refractivity contribution is 0.0948. The molecular weight excluding hydrogens is 356 g/mol. The smallest absolute Gasteiger partial charge is 0.203 e. The second kappa shape index (κ2) is 9.78. The molecule has 0 radical (unpaired) electrons. The zero-order valence-corrected chi connectivity index (χ0v) is 15.7. The number of hydrogen-bond donors (Lipinski definition) is 2. The fourth-order valence-electron chi connectivity index (χ4n) is 2.78. The first-order chi connectivity index (χ1) is 13.7. The summed E-state index contributed by atoms with van der Waals surface area (Å²) in [6, 6.07) is 22.8. The third-order valence-corrected chi connectivity index (χ3v) is 4.28. The SMILES string of the molecule is COc1c(OCc2ccccc2)cc([C@H](O)CO)cc1OCc1ccccc1. The van der Waals surface area contributed by atoms with Gasteiger partial charge in [-0.1, -0.05) is 60.7 Å². The maximum atomic E-state index is 10.1. The van der Waals surface area contributed by atoms with Crippen LogP contribution in [0.15, 0.2) is 72.8 Å². The highest BCUT2D eigenvalue weighted by Crippen LogP contribution is 2.40. The maximum absolute atomic E-state index is 10.1. The number of hydrogen-bond acceptors (Lipinski definition) is 5. The molecule has 0 bridgehead atoms. The van der Waals surface area contributed by atoms with E-state index in [2.05, 4.69) is 0 Å². The summed E-state index contributed by atoms with van der Waals surface area (Å²) in [4.78, 5) is 0. The number of aliphatic hydroxyl groups excluding tert-OH is 2. The number of aliphatic hydroxyl groups is 2.